The van der Waals surface area contributed by atoms with Gasteiger partial charge in [-0.3, -0.25) is 0 Å². The summed E-state index contributed by atoms with van der Waals surface area (Å²) in [5.74, 6) is 0.486. The Kier molecular flexibility index (Phi) is 6.66. The SMILES string of the molecule is CCC(C)COC(=O)c1ccc(OC(=O)c2ccc(OCC3CO3)cc2)cc1. The fourth-order valence-corrected chi connectivity index (χ4v) is 2.28. The number of ether oxygens (including phenoxy) is 4. The lowest BCUT2D eigenvalue weighted by molar-refractivity contribution is 0.0447. The Bertz CT molecular complexity index is 793. The molecule has 1 heterocycles. The van der Waals surface area contributed by atoms with E-state index in [1.807, 2.05) is 13.8 Å². The molecule has 2 atom stereocenters. The summed E-state index contributed by atoms with van der Waals surface area (Å²) >= 11 is 0. The fraction of sp³-hybridized carbons (Fsp3) is 0.364. The summed E-state index contributed by atoms with van der Waals surface area (Å²) in [7, 11) is 0. The molecule has 0 bridgehead atoms. The van der Waals surface area contributed by atoms with E-state index in [-0.39, 0.29) is 12.1 Å². The molecule has 2 aromatic carbocycles. The van der Waals surface area contributed by atoms with Gasteiger partial charge in [0.25, 0.3) is 0 Å². The van der Waals surface area contributed by atoms with Crippen molar-refractivity contribution in [3.63, 3.8) is 0 Å². The maximum Gasteiger partial charge on any atom is 0.343 e. The first-order valence-corrected chi connectivity index (χ1v) is 9.39. The Morgan fingerprint density at radius 1 is 1.00 bits per heavy atom. The van der Waals surface area contributed by atoms with E-state index < -0.39 is 5.97 Å². The summed E-state index contributed by atoms with van der Waals surface area (Å²) < 4.78 is 21.2. The van der Waals surface area contributed by atoms with Crippen molar-refractivity contribution in [3.05, 3.63) is 59.7 Å². The van der Waals surface area contributed by atoms with Gasteiger partial charge < -0.3 is 18.9 Å². The average molecular weight is 384 g/mol. The maximum absolute atomic E-state index is 12.3. The predicted molar refractivity (Wildman–Crippen MR) is 103 cm³/mol. The molecule has 3 rings (SSSR count). The lowest BCUT2D eigenvalue weighted by atomic mass is 10.1. The fourth-order valence-electron chi connectivity index (χ4n) is 2.28. The van der Waals surface area contributed by atoms with Crippen LogP contribution in [0.25, 0.3) is 0 Å². The highest BCUT2D eigenvalue weighted by molar-refractivity contribution is 5.92. The molecule has 0 amide bonds. The van der Waals surface area contributed by atoms with E-state index in [4.69, 9.17) is 18.9 Å². The van der Waals surface area contributed by atoms with Gasteiger partial charge in [0.15, 0.2) is 0 Å². The van der Waals surface area contributed by atoms with Crippen LogP contribution in [0.15, 0.2) is 48.5 Å². The van der Waals surface area contributed by atoms with Crippen LogP contribution in [-0.2, 0) is 9.47 Å². The topological polar surface area (TPSA) is 74.4 Å². The Morgan fingerprint density at radius 2 is 1.57 bits per heavy atom. The van der Waals surface area contributed by atoms with E-state index in [9.17, 15) is 9.59 Å². The summed E-state index contributed by atoms with van der Waals surface area (Å²) in [4.78, 5) is 24.3. The van der Waals surface area contributed by atoms with E-state index in [1.165, 1.54) is 0 Å². The lowest BCUT2D eigenvalue weighted by Gasteiger charge is -2.10. The molecule has 0 aliphatic carbocycles. The smallest absolute Gasteiger partial charge is 0.343 e. The van der Waals surface area contributed by atoms with Crippen molar-refractivity contribution in [1.82, 2.24) is 0 Å². The molecule has 6 nitrogen and oxygen atoms in total. The van der Waals surface area contributed by atoms with Gasteiger partial charge >= 0.3 is 11.9 Å². The normalized spacial score (nSPS) is 16.1. The number of carbonyl (C=O) groups excluding carboxylic acids is 2. The highest BCUT2D eigenvalue weighted by Gasteiger charge is 2.23. The zero-order valence-electron chi connectivity index (χ0n) is 16.1. The lowest BCUT2D eigenvalue weighted by Crippen LogP contribution is -2.12. The van der Waals surface area contributed by atoms with E-state index in [0.717, 1.165) is 13.0 Å². The summed E-state index contributed by atoms with van der Waals surface area (Å²) in [5.41, 5.74) is 0.830. The van der Waals surface area contributed by atoms with E-state index in [2.05, 4.69) is 0 Å². The average Bonchev–Trinajstić information content (AvgIpc) is 3.55. The molecule has 1 saturated heterocycles. The van der Waals surface area contributed by atoms with Gasteiger partial charge in [-0.05, 0) is 54.4 Å². The molecule has 1 aliphatic heterocycles. The Morgan fingerprint density at radius 3 is 2.14 bits per heavy atom. The predicted octanol–water partition coefficient (Wildman–Crippen LogP) is 3.89. The van der Waals surface area contributed by atoms with Gasteiger partial charge in [-0.1, -0.05) is 20.3 Å². The minimum Gasteiger partial charge on any atom is -0.491 e. The van der Waals surface area contributed by atoms with Crippen LogP contribution in [0.1, 0.15) is 41.0 Å². The summed E-state index contributed by atoms with van der Waals surface area (Å²) in [6, 6.07) is 13.0. The van der Waals surface area contributed by atoms with Crippen LogP contribution in [0.3, 0.4) is 0 Å². The zero-order valence-corrected chi connectivity index (χ0v) is 16.1. The number of carbonyl (C=O) groups is 2. The van der Waals surface area contributed by atoms with Crippen molar-refractivity contribution >= 4 is 11.9 Å². The van der Waals surface area contributed by atoms with Gasteiger partial charge in [-0.25, -0.2) is 9.59 Å². The molecule has 6 heteroatoms. The third-order valence-corrected chi connectivity index (χ3v) is 4.42. The summed E-state index contributed by atoms with van der Waals surface area (Å²) in [6.45, 7) is 5.70. The Balaban J connectivity index is 1.51. The van der Waals surface area contributed by atoms with Gasteiger partial charge in [0.2, 0.25) is 0 Å². The van der Waals surface area contributed by atoms with Crippen molar-refractivity contribution in [2.24, 2.45) is 5.92 Å². The Labute approximate surface area is 164 Å². The van der Waals surface area contributed by atoms with E-state index in [1.54, 1.807) is 48.5 Å². The first-order chi connectivity index (χ1) is 13.5. The van der Waals surface area contributed by atoms with Crippen LogP contribution < -0.4 is 9.47 Å². The van der Waals surface area contributed by atoms with Crippen molar-refractivity contribution in [2.45, 2.75) is 26.4 Å². The second kappa shape index (κ2) is 9.37. The van der Waals surface area contributed by atoms with Gasteiger partial charge in [0.1, 0.15) is 24.2 Å². The largest absolute Gasteiger partial charge is 0.491 e. The number of benzene rings is 2. The van der Waals surface area contributed by atoms with Crippen LogP contribution >= 0.6 is 0 Å². The van der Waals surface area contributed by atoms with Crippen LogP contribution in [-0.4, -0.2) is 37.9 Å². The molecule has 1 fully saturated rings. The number of hydrogen-bond acceptors (Lipinski definition) is 6. The molecule has 0 N–H and O–H groups in total. The zero-order chi connectivity index (χ0) is 19.9. The molecule has 0 aromatic heterocycles. The van der Waals surface area contributed by atoms with E-state index >= 15 is 0 Å². The summed E-state index contributed by atoms with van der Waals surface area (Å²) in [5, 5.41) is 0. The molecular formula is C22H24O6. The molecule has 0 spiro atoms. The maximum atomic E-state index is 12.3. The molecule has 2 aromatic rings. The number of epoxide rings is 1. The van der Waals surface area contributed by atoms with Crippen molar-refractivity contribution < 1.29 is 28.5 Å². The van der Waals surface area contributed by atoms with Crippen LogP contribution in [0, 0.1) is 5.92 Å². The minimum atomic E-state index is -0.482. The molecule has 0 saturated carbocycles. The molecule has 1 aliphatic rings. The first kappa shape index (κ1) is 19.9. The number of rotatable bonds is 9. The van der Waals surface area contributed by atoms with Crippen molar-refractivity contribution in [3.8, 4) is 11.5 Å². The molecular weight excluding hydrogens is 360 g/mol. The number of esters is 2. The van der Waals surface area contributed by atoms with Crippen molar-refractivity contribution in [2.75, 3.05) is 19.8 Å². The third-order valence-electron chi connectivity index (χ3n) is 4.42. The summed E-state index contributed by atoms with van der Waals surface area (Å²) in [6.07, 6.45) is 1.13. The van der Waals surface area contributed by atoms with Gasteiger partial charge in [0, 0.05) is 0 Å². The molecule has 2 unspecified atom stereocenters. The standard InChI is InChI=1S/C22H24O6/c1-3-15(2)12-27-21(23)16-6-10-19(11-7-16)28-22(24)17-4-8-18(9-5-17)25-13-20-14-26-20/h4-11,15,20H,3,12-14H2,1-2H3. The van der Waals surface area contributed by atoms with Gasteiger partial charge in [0.05, 0.1) is 24.3 Å². The minimum absolute atomic E-state index is 0.181. The second-order valence-corrected chi connectivity index (χ2v) is 6.82. The van der Waals surface area contributed by atoms with Crippen molar-refractivity contribution in [1.29, 1.82) is 0 Å². The monoisotopic (exact) mass is 384 g/mol. The first-order valence-electron chi connectivity index (χ1n) is 9.39. The van der Waals surface area contributed by atoms with Crippen LogP contribution in [0.4, 0.5) is 0 Å². The van der Waals surface area contributed by atoms with Crippen LogP contribution in [0.5, 0.6) is 11.5 Å². The van der Waals surface area contributed by atoms with Gasteiger partial charge in [-0.15, -0.1) is 0 Å². The van der Waals surface area contributed by atoms with Crippen LogP contribution in [0.2, 0.25) is 0 Å². The third kappa shape index (κ3) is 5.82. The highest BCUT2D eigenvalue weighted by atomic mass is 16.6. The van der Waals surface area contributed by atoms with Gasteiger partial charge in [-0.2, -0.15) is 0 Å². The Hall–Kier alpha value is -2.86. The quantitative estimate of drug-likeness (QED) is 0.371. The number of hydrogen-bond donors (Lipinski definition) is 0. The highest BCUT2D eigenvalue weighted by Crippen LogP contribution is 2.18. The molecule has 28 heavy (non-hydrogen) atoms. The second-order valence-electron chi connectivity index (χ2n) is 6.82. The molecule has 0 radical (unpaired) electrons. The molecule has 148 valence electrons. The van der Waals surface area contributed by atoms with E-state index in [0.29, 0.717) is 41.8 Å².